The van der Waals surface area contributed by atoms with Gasteiger partial charge in [-0.1, -0.05) is 11.6 Å². The molecule has 0 spiro atoms. The molecule has 2 aliphatic heterocycles. The van der Waals surface area contributed by atoms with E-state index in [0.29, 0.717) is 16.8 Å². The predicted octanol–water partition coefficient (Wildman–Crippen LogP) is 2.64. The first-order chi connectivity index (χ1) is 9.72. The van der Waals surface area contributed by atoms with Crippen molar-refractivity contribution in [2.75, 3.05) is 45.3 Å². The first kappa shape index (κ1) is 13.8. The minimum Gasteiger partial charge on any atom is -0.495 e. The molecular formula is C15H21ClN2O2. The van der Waals surface area contributed by atoms with E-state index in [2.05, 4.69) is 9.80 Å². The maximum atomic E-state index is 6.18. The summed E-state index contributed by atoms with van der Waals surface area (Å²) < 4.78 is 10.8. The molecular weight excluding hydrogens is 276 g/mol. The Balaban J connectivity index is 1.88. The molecule has 0 aromatic heterocycles. The number of hydrogen-bond acceptors (Lipinski definition) is 4. The number of fused-ring (bicyclic) bond motifs is 1. The molecule has 0 saturated carbocycles. The van der Waals surface area contributed by atoms with Gasteiger partial charge >= 0.3 is 0 Å². The Morgan fingerprint density at radius 1 is 1.10 bits per heavy atom. The number of methoxy groups -OCH3 is 2. The van der Waals surface area contributed by atoms with Gasteiger partial charge in [0.1, 0.15) is 11.5 Å². The average Bonchev–Trinajstić information content (AvgIpc) is 2.94. The van der Waals surface area contributed by atoms with Crippen molar-refractivity contribution >= 4 is 17.3 Å². The molecule has 2 heterocycles. The Labute approximate surface area is 125 Å². The fourth-order valence-corrected chi connectivity index (χ4v) is 3.53. The van der Waals surface area contributed by atoms with Gasteiger partial charge in [-0.2, -0.15) is 0 Å². The first-order valence-electron chi connectivity index (χ1n) is 7.13. The quantitative estimate of drug-likeness (QED) is 0.856. The summed E-state index contributed by atoms with van der Waals surface area (Å²) in [4.78, 5) is 4.99. The molecule has 0 aliphatic carbocycles. The van der Waals surface area contributed by atoms with Crippen molar-refractivity contribution < 1.29 is 9.47 Å². The van der Waals surface area contributed by atoms with Gasteiger partial charge in [-0.3, -0.25) is 4.90 Å². The summed E-state index contributed by atoms with van der Waals surface area (Å²) in [6, 6.07) is 4.51. The summed E-state index contributed by atoms with van der Waals surface area (Å²) >= 11 is 6.18. The van der Waals surface area contributed by atoms with Crippen LogP contribution >= 0.6 is 11.6 Å². The monoisotopic (exact) mass is 296 g/mol. The highest BCUT2D eigenvalue weighted by Gasteiger charge is 2.31. The molecule has 2 saturated heterocycles. The lowest BCUT2D eigenvalue weighted by Crippen LogP contribution is -2.50. The van der Waals surface area contributed by atoms with E-state index >= 15 is 0 Å². The van der Waals surface area contributed by atoms with Crippen LogP contribution in [0.1, 0.15) is 12.8 Å². The van der Waals surface area contributed by atoms with Crippen LogP contribution in [-0.4, -0.2) is 51.3 Å². The van der Waals surface area contributed by atoms with Gasteiger partial charge in [0.05, 0.1) is 24.9 Å². The van der Waals surface area contributed by atoms with Crippen molar-refractivity contribution in [3.05, 3.63) is 17.2 Å². The van der Waals surface area contributed by atoms with Crippen LogP contribution in [0.2, 0.25) is 5.02 Å². The van der Waals surface area contributed by atoms with Crippen LogP contribution in [0.15, 0.2) is 12.1 Å². The minimum atomic E-state index is 0.590. The lowest BCUT2D eigenvalue weighted by atomic mass is 10.1. The van der Waals surface area contributed by atoms with Crippen molar-refractivity contribution in [1.82, 2.24) is 4.90 Å². The number of piperazine rings is 1. The SMILES string of the molecule is COc1cc(N2CCN3CCCC3C2)c(OC)cc1Cl. The van der Waals surface area contributed by atoms with Crippen LogP contribution in [0.5, 0.6) is 11.5 Å². The summed E-state index contributed by atoms with van der Waals surface area (Å²) in [5.74, 6) is 1.53. The highest BCUT2D eigenvalue weighted by atomic mass is 35.5. The molecule has 2 aliphatic rings. The zero-order valence-corrected chi connectivity index (χ0v) is 12.8. The highest BCUT2D eigenvalue weighted by molar-refractivity contribution is 6.32. The fourth-order valence-electron chi connectivity index (χ4n) is 3.30. The van der Waals surface area contributed by atoms with Crippen LogP contribution in [0.25, 0.3) is 0 Å². The van der Waals surface area contributed by atoms with E-state index in [1.807, 2.05) is 12.1 Å². The van der Waals surface area contributed by atoms with E-state index < -0.39 is 0 Å². The zero-order chi connectivity index (χ0) is 14.1. The lowest BCUT2D eigenvalue weighted by Gasteiger charge is -2.39. The Hall–Kier alpha value is -1.13. The number of benzene rings is 1. The molecule has 4 nitrogen and oxygen atoms in total. The van der Waals surface area contributed by atoms with Gasteiger partial charge in [-0.05, 0) is 19.4 Å². The largest absolute Gasteiger partial charge is 0.495 e. The molecule has 3 rings (SSSR count). The number of anilines is 1. The lowest BCUT2D eigenvalue weighted by molar-refractivity contribution is 0.230. The Bertz CT molecular complexity index is 495. The number of rotatable bonds is 3. The topological polar surface area (TPSA) is 24.9 Å². The Kier molecular flexibility index (Phi) is 3.94. The summed E-state index contributed by atoms with van der Waals surface area (Å²) in [6.07, 6.45) is 2.61. The third kappa shape index (κ3) is 2.42. The number of halogens is 1. The number of ether oxygens (including phenoxy) is 2. The van der Waals surface area contributed by atoms with Gasteiger partial charge in [-0.15, -0.1) is 0 Å². The Morgan fingerprint density at radius 2 is 1.90 bits per heavy atom. The maximum absolute atomic E-state index is 6.18. The maximum Gasteiger partial charge on any atom is 0.143 e. The first-order valence-corrected chi connectivity index (χ1v) is 7.51. The molecule has 5 heteroatoms. The summed E-state index contributed by atoms with van der Waals surface area (Å²) in [6.45, 7) is 4.46. The van der Waals surface area contributed by atoms with Crippen LogP contribution in [0.3, 0.4) is 0 Å². The van der Waals surface area contributed by atoms with Crippen molar-refractivity contribution in [2.45, 2.75) is 18.9 Å². The van der Waals surface area contributed by atoms with Crippen molar-refractivity contribution in [3.8, 4) is 11.5 Å². The van der Waals surface area contributed by atoms with Crippen LogP contribution in [0.4, 0.5) is 5.69 Å². The second-order valence-electron chi connectivity index (χ2n) is 5.44. The van der Waals surface area contributed by atoms with Crippen molar-refractivity contribution in [3.63, 3.8) is 0 Å². The van der Waals surface area contributed by atoms with Crippen LogP contribution in [0, 0.1) is 0 Å². The summed E-state index contributed by atoms with van der Waals surface area (Å²) in [7, 11) is 3.33. The highest BCUT2D eigenvalue weighted by Crippen LogP contribution is 2.39. The Morgan fingerprint density at radius 3 is 2.65 bits per heavy atom. The van der Waals surface area contributed by atoms with Gasteiger partial charge in [0, 0.05) is 37.8 Å². The van der Waals surface area contributed by atoms with E-state index in [1.165, 1.54) is 19.4 Å². The molecule has 0 bridgehead atoms. The number of hydrogen-bond donors (Lipinski definition) is 0. The average molecular weight is 297 g/mol. The van der Waals surface area contributed by atoms with E-state index in [9.17, 15) is 0 Å². The fraction of sp³-hybridized carbons (Fsp3) is 0.600. The van der Waals surface area contributed by atoms with Gasteiger partial charge in [0.25, 0.3) is 0 Å². The molecule has 0 amide bonds. The van der Waals surface area contributed by atoms with Crippen LogP contribution < -0.4 is 14.4 Å². The minimum absolute atomic E-state index is 0.590. The van der Waals surface area contributed by atoms with Gasteiger partial charge in [-0.25, -0.2) is 0 Å². The molecule has 1 aromatic carbocycles. The molecule has 110 valence electrons. The zero-order valence-electron chi connectivity index (χ0n) is 12.1. The molecule has 0 radical (unpaired) electrons. The van der Waals surface area contributed by atoms with E-state index in [-0.39, 0.29) is 0 Å². The second-order valence-corrected chi connectivity index (χ2v) is 5.84. The third-order valence-corrected chi connectivity index (χ3v) is 4.68. The van der Waals surface area contributed by atoms with E-state index in [0.717, 1.165) is 31.1 Å². The van der Waals surface area contributed by atoms with Crippen molar-refractivity contribution in [2.24, 2.45) is 0 Å². The second kappa shape index (κ2) is 5.70. The normalized spacial score (nSPS) is 22.8. The van der Waals surface area contributed by atoms with Gasteiger partial charge in [0.15, 0.2) is 0 Å². The third-order valence-electron chi connectivity index (χ3n) is 4.38. The predicted molar refractivity (Wildman–Crippen MR) is 81.4 cm³/mol. The molecule has 1 aromatic rings. The molecule has 20 heavy (non-hydrogen) atoms. The molecule has 1 unspecified atom stereocenters. The molecule has 0 N–H and O–H groups in total. The summed E-state index contributed by atoms with van der Waals surface area (Å²) in [5, 5.41) is 0.590. The number of nitrogens with zero attached hydrogens (tertiary/aromatic N) is 2. The van der Waals surface area contributed by atoms with Crippen molar-refractivity contribution in [1.29, 1.82) is 0 Å². The molecule has 2 fully saturated rings. The van der Waals surface area contributed by atoms with Gasteiger partial charge in [0.2, 0.25) is 0 Å². The van der Waals surface area contributed by atoms with Gasteiger partial charge < -0.3 is 14.4 Å². The standard InChI is InChI=1S/C15H21ClN2O2/c1-19-14-9-13(15(20-2)8-12(14)16)18-7-6-17-5-3-4-11(17)10-18/h8-9,11H,3-7,10H2,1-2H3. The van der Waals surface area contributed by atoms with E-state index in [4.69, 9.17) is 21.1 Å². The van der Waals surface area contributed by atoms with E-state index in [1.54, 1.807) is 14.2 Å². The smallest absolute Gasteiger partial charge is 0.143 e. The van der Waals surface area contributed by atoms with Crippen LogP contribution in [-0.2, 0) is 0 Å². The molecule has 1 atom stereocenters. The summed E-state index contributed by atoms with van der Waals surface area (Å²) in [5.41, 5.74) is 1.08.